The number of nitrogens with one attached hydrogen (secondary N) is 1. The van der Waals surface area contributed by atoms with Crippen LogP contribution in [0.5, 0.6) is 0 Å². The van der Waals surface area contributed by atoms with Gasteiger partial charge in [-0.1, -0.05) is 38.4 Å². The third kappa shape index (κ3) is 8.16. The number of aliphatic hydroxyl groups excluding tert-OH is 1. The smallest absolute Gasteiger partial charge is 0.410 e. The van der Waals surface area contributed by atoms with Gasteiger partial charge in [-0.05, 0) is 24.6 Å². The Morgan fingerprint density at radius 2 is 2.12 bits per heavy atom. The number of carbonyl (C=O) groups excluding carboxylic acids is 1. The second kappa shape index (κ2) is 13.2. The van der Waals surface area contributed by atoms with Crippen LogP contribution in [0.15, 0.2) is 43.2 Å². The van der Waals surface area contributed by atoms with Crippen LogP contribution in [0, 0.1) is 11.3 Å². The highest BCUT2D eigenvalue weighted by molar-refractivity contribution is 6.76. The van der Waals surface area contributed by atoms with Crippen LogP contribution >= 0.6 is 0 Å². The molecule has 0 spiro atoms. The predicted octanol–water partition coefficient (Wildman–Crippen LogP) is 5.56. The molecule has 13 heteroatoms. The van der Waals surface area contributed by atoms with Crippen LogP contribution in [0.3, 0.4) is 0 Å². The van der Waals surface area contributed by atoms with Crippen molar-refractivity contribution in [2.75, 3.05) is 31.6 Å². The number of likely N-dealkylation sites (tertiary alicyclic amines) is 1. The number of carbonyl (C=O) groups is 1. The summed E-state index contributed by atoms with van der Waals surface area (Å²) in [6.07, 6.45) is 3.13. The normalized spacial score (nSPS) is 17.5. The van der Waals surface area contributed by atoms with E-state index in [9.17, 15) is 23.9 Å². The fraction of sp³-hybridized carbons (Fsp3) is 0.467. The van der Waals surface area contributed by atoms with Crippen LogP contribution in [-0.4, -0.2) is 77.2 Å². The molecular weight excluding hydrogens is 574 g/mol. The van der Waals surface area contributed by atoms with Crippen LogP contribution in [0.4, 0.5) is 19.5 Å². The Hall–Kier alpha value is -3.86. The molecule has 2 N–H and O–H groups in total. The first kappa shape index (κ1) is 32.1. The van der Waals surface area contributed by atoms with Crippen LogP contribution < -0.4 is 5.32 Å². The second-order valence-corrected chi connectivity index (χ2v) is 17.7. The molecule has 2 atom stereocenters. The molecule has 0 aliphatic carbocycles. The zero-order valence-corrected chi connectivity index (χ0v) is 25.9. The average Bonchev–Trinajstić information content (AvgIpc) is 3.30. The largest absolute Gasteiger partial charge is 0.445 e. The lowest BCUT2D eigenvalue weighted by Gasteiger charge is -2.35. The van der Waals surface area contributed by atoms with Gasteiger partial charge in [0.05, 0.1) is 41.1 Å². The molecule has 0 saturated carbocycles. The number of nitriles is 1. The number of nitrogens with zero attached hydrogens (tertiary/aromatic N) is 5. The van der Waals surface area contributed by atoms with E-state index in [0.717, 1.165) is 19.2 Å². The number of piperidine rings is 1. The van der Waals surface area contributed by atoms with E-state index in [-0.39, 0.29) is 43.6 Å². The molecule has 1 aliphatic rings. The minimum absolute atomic E-state index is 0.0270. The van der Waals surface area contributed by atoms with E-state index >= 15 is 0 Å². The van der Waals surface area contributed by atoms with Gasteiger partial charge < -0.3 is 29.4 Å². The van der Waals surface area contributed by atoms with E-state index in [1.54, 1.807) is 29.0 Å². The van der Waals surface area contributed by atoms with E-state index in [1.165, 1.54) is 11.0 Å². The minimum Gasteiger partial charge on any atom is -0.445 e. The molecule has 1 amide bonds. The SMILES string of the molecule is C=CCOC(=O)N1C[C@H](O)C[C@H](Nc2ncc(C(C)(F)F)c(-c3cn(COCC[Si](C)(C)C)c4cc(C#N)ccc34)n2)C1. The molecule has 230 valence electrons. The van der Waals surface area contributed by atoms with E-state index < -0.39 is 32.2 Å². The van der Waals surface area contributed by atoms with Crippen molar-refractivity contribution in [3.05, 3.63) is 54.4 Å². The summed E-state index contributed by atoms with van der Waals surface area (Å²) in [4.78, 5) is 22.5. The van der Waals surface area contributed by atoms with Crippen molar-refractivity contribution in [1.29, 1.82) is 5.26 Å². The fourth-order valence-electron chi connectivity index (χ4n) is 4.91. The van der Waals surface area contributed by atoms with Gasteiger partial charge in [0.15, 0.2) is 0 Å². The molecule has 0 radical (unpaired) electrons. The third-order valence-electron chi connectivity index (χ3n) is 7.10. The quantitative estimate of drug-likeness (QED) is 0.164. The number of aromatic nitrogens is 3. The van der Waals surface area contributed by atoms with Crippen molar-refractivity contribution in [3.8, 4) is 17.3 Å². The molecule has 1 aromatic carbocycles. The summed E-state index contributed by atoms with van der Waals surface area (Å²) < 4.78 is 42.7. The maximum absolute atomic E-state index is 14.9. The number of hydrogen-bond donors (Lipinski definition) is 2. The summed E-state index contributed by atoms with van der Waals surface area (Å²) in [5.74, 6) is -3.18. The minimum atomic E-state index is -3.25. The van der Waals surface area contributed by atoms with Crippen LogP contribution in [0.25, 0.3) is 22.2 Å². The van der Waals surface area contributed by atoms with Crippen molar-refractivity contribution in [3.63, 3.8) is 0 Å². The molecule has 43 heavy (non-hydrogen) atoms. The van der Waals surface area contributed by atoms with E-state index in [2.05, 4.69) is 47.6 Å². The Morgan fingerprint density at radius 3 is 2.79 bits per heavy atom. The van der Waals surface area contributed by atoms with Crippen molar-refractivity contribution in [2.24, 2.45) is 0 Å². The maximum Gasteiger partial charge on any atom is 0.410 e. The lowest BCUT2D eigenvalue weighted by Crippen LogP contribution is -2.51. The number of aliphatic hydroxyl groups is 1. The first-order valence-electron chi connectivity index (χ1n) is 14.1. The van der Waals surface area contributed by atoms with E-state index in [0.29, 0.717) is 35.1 Å². The van der Waals surface area contributed by atoms with Crippen molar-refractivity contribution >= 4 is 31.0 Å². The Kier molecular flexibility index (Phi) is 9.84. The number of β-amino-alcohol motifs (C(OH)–C–C–N with tert-alkyl or cyclic N) is 1. The highest BCUT2D eigenvalue weighted by atomic mass is 28.3. The number of rotatable bonds is 11. The lowest BCUT2D eigenvalue weighted by atomic mass is 10.0. The Balaban J connectivity index is 1.69. The van der Waals surface area contributed by atoms with Gasteiger partial charge in [-0.25, -0.2) is 23.5 Å². The summed E-state index contributed by atoms with van der Waals surface area (Å²) in [5.41, 5.74) is 1.19. The zero-order chi connectivity index (χ0) is 31.4. The fourth-order valence-corrected chi connectivity index (χ4v) is 5.66. The summed E-state index contributed by atoms with van der Waals surface area (Å²) in [5, 5.41) is 23.6. The van der Waals surface area contributed by atoms with Gasteiger partial charge >= 0.3 is 6.09 Å². The molecule has 3 heterocycles. The highest BCUT2D eigenvalue weighted by Crippen LogP contribution is 2.39. The summed E-state index contributed by atoms with van der Waals surface area (Å²) in [6, 6.07) is 7.70. The number of anilines is 1. The number of ether oxygens (including phenoxy) is 2. The number of alkyl halides is 2. The standard InChI is InChI=1S/C30H38F2N6O4Si/c1-6-9-42-29(40)37-16-21(13-22(39)17-37)35-28-34-15-25(30(2,31)32)27(36-28)24-18-38(19-41-10-11-43(3,4)5)26-12-20(14-33)7-8-23(24)26/h6-8,12,15,18,21-22,39H,1,9-11,13,16-17,19H2,2-5H3,(H,34,35,36)/t21-,22+/m0/s1. The Labute approximate surface area is 250 Å². The number of benzene rings is 1. The molecule has 1 fully saturated rings. The molecule has 0 bridgehead atoms. The summed E-state index contributed by atoms with van der Waals surface area (Å²) >= 11 is 0. The van der Waals surface area contributed by atoms with E-state index in [1.807, 2.05) is 0 Å². The monoisotopic (exact) mass is 612 g/mol. The van der Waals surface area contributed by atoms with Gasteiger partial charge in [0.25, 0.3) is 5.92 Å². The molecule has 2 aromatic heterocycles. The third-order valence-corrected chi connectivity index (χ3v) is 8.80. The van der Waals surface area contributed by atoms with Gasteiger partial charge in [-0.2, -0.15) is 5.26 Å². The van der Waals surface area contributed by atoms with Crippen LogP contribution in [0.2, 0.25) is 25.7 Å². The number of halogens is 2. The lowest BCUT2D eigenvalue weighted by molar-refractivity contribution is 0.0174. The zero-order valence-electron chi connectivity index (χ0n) is 24.9. The molecular formula is C30H38F2N6O4Si. The van der Waals surface area contributed by atoms with Gasteiger partial charge in [0, 0.05) is 57.5 Å². The first-order chi connectivity index (χ1) is 20.3. The van der Waals surface area contributed by atoms with Crippen LogP contribution in [0.1, 0.15) is 24.5 Å². The van der Waals surface area contributed by atoms with Gasteiger partial charge in [0.2, 0.25) is 5.95 Å². The van der Waals surface area contributed by atoms with Gasteiger partial charge in [-0.3, -0.25) is 0 Å². The van der Waals surface area contributed by atoms with Crippen molar-refractivity contribution in [2.45, 2.75) is 63.8 Å². The summed E-state index contributed by atoms with van der Waals surface area (Å²) in [6.45, 7) is 12.2. The molecule has 1 aliphatic heterocycles. The second-order valence-electron chi connectivity index (χ2n) is 12.0. The summed E-state index contributed by atoms with van der Waals surface area (Å²) in [7, 11) is -1.32. The topological polar surface area (TPSA) is 126 Å². The molecule has 10 nitrogen and oxygen atoms in total. The Morgan fingerprint density at radius 1 is 1.35 bits per heavy atom. The number of amides is 1. The van der Waals surface area contributed by atoms with Crippen molar-refractivity contribution in [1.82, 2.24) is 19.4 Å². The van der Waals surface area contributed by atoms with Crippen molar-refractivity contribution < 1.29 is 28.2 Å². The van der Waals surface area contributed by atoms with E-state index in [4.69, 9.17) is 9.47 Å². The first-order valence-corrected chi connectivity index (χ1v) is 17.8. The maximum atomic E-state index is 14.9. The number of hydrogen-bond acceptors (Lipinski definition) is 8. The molecule has 0 unspecified atom stereocenters. The van der Waals surface area contributed by atoms with Gasteiger partial charge in [0.1, 0.15) is 13.3 Å². The highest BCUT2D eigenvalue weighted by Gasteiger charge is 2.33. The molecule has 3 aromatic rings. The van der Waals surface area contributed by atoms with Crippen LogP contribution in [-0.2, 0) is 22.1 Å². The van der Waals surface area contributed by atoms with Gasteiger partial charge in [-0.15, -0.1) is 0 Å². The molecule has 4 rings (SSSR count). The average molecular weight is 613 g/mol. The molecule has 1 saturated heterocycles. The number of fused-ring (bicyclic) bond motifs is 1. The Bertz CT molecular complexity index is 1510. The predicted molar refractivity (Wildman–Crippen MR) is 163 cm³/mol.